The highest BCUT2D eigenvalue weighted by Crippen LogP contribution is 2.39. The molecule has 0 saturated heterocycles. The first-order chi connectivity index (χ1) is 10.1. The largest absolute Gasteiger partial charge is 0.293 e. The molecule has 1 aromatic carbocycles. The third kappa shape index (κ3) is 1.84. The van der Waals surface area contributed by atoms with Crippen LogP contribution in [-0.4, -0.2) is 26.6 Å². The number of fused-ring (bicyclic) bond motifs is 1. The fourth-order valence-corrected chi connectivity index (χ4v) is 2.48. The van der Waals surface area contributed by atoms with E-state index in [0.717, 1.165) is 17.5 Å². The molecule has 21 heavy (non-hydrogen) atoms. The van der Waals surface area contributed by atoms with Crippen LogP contribution in [0.15, 0.2) is 24.3 Å². The number of amides is 1. The van der Waals surface area contributed by atoms with E-state index in [1.807, 2.05) is 0 Å². The summed E-state index contributed by atoms with van der Waals surface area (Å²) in [5, 5.41) is 6.68. The van der Waals surface area contributed by atoms with Crippen LogP contribution in [0, 0.1) is 5.82 Å². The van der Waals surface area contributed by atoms with Gasteiger partial charge in [-0.25, -0.2) is 4.39 Å². The molecule has 1 saturated carbocycles. The average molecular weight is 286 g/mol. The number of aromatic nitrogens is 3. The molecule has 1 aliphatic heterocycles. The van der Waals surface area contributed by atoms with E-state index < -0.39 is 23.5 Å². The number of nitrogens with one attached hydrogen (secondary N) is 1. The van der Waals surface area contributed by atoms with Crippen LogP contribution in [0.25, 0.3) is 0 Å². The first-order valence-electron chi connectivity index (χ1n) is 6.71. The van der Waals surface area contributed by atoms with Gasteiger partial charge in [-0.3, -0.25) is 14.9 Å². The number of hydrogen-bond acceptors (Lipinski definition) is 4. The monoisotopic (exact) mass is 286 g/mol. The van der Waals surface area contributed by atoms with Gasteiger partial charge in [-0.2, -0.15) is 9.67 Å². The Balaban J connectivity index is 1.78. The van der Waals surface area contributed by atoms with E-state index in [-0.39, 0.29) is 17.4 Å². The molecule has 0 bridgehead atoms. The van der Waals surface area contributed by atoms with Gasteiger partial charge in [0, 0.05) is 11.5 Å². The van der Waals surface area contributed by atoms with Crippen molar-refractivity contribution in [3.8, 4) is 0 Å². The van der Waals surface area contributed by atoms with Gasteiger partial charge in [0.1, 0.15) is 11.7 Å². The first kappa shape index (κ1) is 12.2. The van der Waals surface area contributed by atoms with Crippen molar-refractivity contribution in [2.75, 3.05) is 5.32 Å². The van der Waals surface area contributed by atoms with Gasteiger partial charge in [0.15, 0.2) is 5.82 Å². The standard InChI is InChI=1S/C14H11FN4O2/c15-9-4-2-1-3-8(9)10-12(20)17-14-16-11(7-5-6-7)18-19(14)13(10)21/h1-4,7,10H,5-6H2,(H,16,17,18,20). The van der Waals surface area contributed by atoms with Crippen molar-refractivity contribution >= 4 is 17.8 Å². The van der Waals surface area contributed by atoms with Crippen molar-refractivity contribution in [2.45, 2.75) is 24.7 Å². The molecule has 2 aliphatic rings. The summed E-state index contributed by atoms with van der Waals surface area (Å²) in [7, 11) is 0. The molecule has 7 heteroatoms. The molecule has 0 radical (unpaired) electrons. The van der Waals surface area contributed by atoms with Crippen molar-refractivity contribution in [3.05, 3.63) is 41.5 Å². The van der Waals surface area contributed by atoms with E-state index in [1.54, 1.807) is 6.07 Å². The minimum absolute atomic E-state index is 0.0501. The van der Waals surface area contributed by atoms with E-state index in [2.05, 4.69) is 15.4 Å². The van der Waals surface area contributed by atoms with Crippen molar-refractivity contribution < 1.29 is 14.0 Å². The van der Waals surface area contributed by atoms with Crippen molar-refractivity contribution in [1.29, 1.82) is 0 Å². The second-order valence-corrected chi connectivity index (χ2v) is 5.26. The summed E-state index contributed by atoms with van der Waals surface area (Å²) in [6, 6.07) is 5.76. The molecule has 2 aromatic rings. The zero-order chi connectivity index (χ0) is 14.6. The smallest absolute Gasteiger partial charge is 0.267 e. The number of rotatable bonds is 2. The van der Waals surface area contributed by atoms with Crippen molar-refractivity contribution in [3.63, 3.8) is 0 Å². The lowest BCUT2D eigenvalue weighted by Crippen LogP contribution is -2.38. The van der Waals surface area contributed by atoms with Gasteiger partial charge in [0.25, 0.3) is 5.91 Å². The fraction of sp³-hybridized carbons (Fsp3) is 0.286. The summed E-state index contributed by atoms with van der Waals surface area (Å²) in [6.07, 6.45) is 1.98. The maximum Gasteiger partial charge on any atom is 0.267 e. The second-order valence-electron chi connectivity index (χ2n) is 5.26. The minimum Gasteiger partial charge on any atom is -0.293 e. The molecule has 1 N–H and O–H groups in total. The molecule has 4 rings (SSSR count). The molecule has 1 aromatic heterocycles. The highest BCUT2D eigenvalue weighted by molar-refractivity contribution is 6.14. The SMILES string of the molecule is O=C1Nc2nc(C3CC3)nn2C(=O)C1c1ccccc1F. The fourth-order valence-electron chi connectivity index (χ4n) is 2.48. The topological polar surface area (TPSA) is 76.9 Å². The van der Waals surface area contributed by atoms with Gasteiger partial charge < -0.3 is 0 Å². The predicted octanol–water partition coefficient (Wildman–Crippen LogP) is 1.67. The summed E-state index contributed by atoms with van der Waals surface area (Å²) in [4.78, 5) is 28.8. The summed E-state index contributed by atoms with van der Waals surface area (Å²) < 4.78 is 14.9. The third-order valence-electron chi connectivity index (χ3n) is 3.74. The molecular weight excluding hydrogens is 275 g/mol. The van der Waals surface area contributed by atoms with E-state index >= 15 is 0 Å². The predicted molar refractivity (Wildman–Crippen MR) is 70.4 cm³/mol. The van der Waals surface area contributed by atoms with Crippen LogP contribution < -0.4 is 5.32 Å². The van der Waals surface area contributed by atoms with Crippen molar-refractivity contribution in [2.24, 2.45) is 0 Å². The van der Waals surface area contributed by atoms with Gasteiger partial charge in [-0.15, -0.1) is 5.10 Å². The van der Waals surface area contributed by atoms with Crippen LogP contribution in [0.3, 0.4) is 0 Å². The first-order valence-corrected chi connectivity index (χ1v) is 6.71. The van der Waals surface area contributed by atoms with Gasteiger partial charge in [0.05, 0.1) is 0 Å². The molecule has 1 aliphatic carbocycles. The summed E-state index contributed by atoms with van der Waals surface area (Å²) >= 11 is 0. The van der Waals surface area contributed by atoms with Crippen LogP contribution in [0.4, 0.5) is 10.3 Å². The van der Waals surface area contributed by atoms with Gasteiger partial charge in [0.2, 0.25) is 11.9 Å². The molecule has 1 amide bonds. The van der Waals surface area contributed by atoms with Gasteiger partial charge >= 0.3 is 0 Å². The number of benzene rings is 1. The molecule has 2 heterocycles. The number of nitrogens with zero attached hydrogens (tertiary/aromatic N) is 3. The normalized spacial score (nSPS) is 21.1. The van der Waals surface area contributed by atoms with E-state index in [4.69, 9.17) is 0 Å². The Labute approximate surface area is 119 Å². The van der Waals surface area contributed by atoms with E-state index in [0.29, 0.717) is 5.82 Å². The number of anilines is 1. The van der Waals surface area contributed by atoms with Crippen molar-refractivity contribution in [1.82, 2.24) is 14.8 Å². The summed E-state index contributed by atoms with van der Waals surface area (Å²) in [5.41, 5.74) is 0.0501. The van der Waals surface area contributed by atoms with E-state index in [1.165, 1.54) is 18.2 Å². The Bertz CT molecular complexity index is 766. The molecule has 1 fully saturated rings. The Morgan fingerprint density at radius 1 is 1.24 bits per heavy atom. The Hall–Kier alpha value is -2.57. The highest BCUT2D eigenvalue weighted by Gasteiger charge is 2.40. The molecule has 1 atom stereocenters. The van der Waals surface area contributed by atoms with Crippen LogP contribution in [0.2, 0.25) is 0 Å². The Morgan fingerprint density at radius 2 is 2.00 bits per heavy atom. The van der Waals surface area contributed by atoms with Crippen LogP contribution in [0.5, 0.6) is 0 Å². The average Bonchev–Trinajstić information content (AvgIpc) is 3.22. The third-order valence-corrected chi connectivity index (χ3v) is 3.74. The zero-order valence-electron chi connectivity index (χ0n) is 10.9. The molecule has 6 nitrogen and oxygen atoms in total. The van der Waals surface area contributed by atoms with Gasteiger partial charge in [-0.1, -0.05) is 18.2 Å². The van der Waals surface area contributed by atoms with Crippen LogP contribution in [0.1, 0.15) is 40.9 Å². The van der Waals surface area contributed by atoms with E-state index in [9.17, 15) is 14.0 Å². The van der Waals surface area contributed by atoms with Crippen LogP contribution >= 0.6 is 0 Å². The van der Waals surface area contributed by atoms with Crippen LogP contribution in [-0.2, 0) is 4.79 Å². The number of carbonyl (C=O) groups excluding carboxylic acids is 2. The lowest BCUT2D eigenvalue weighted by molar-refractivity contribution is -0.117. The summed E-state index contributed by atoms with van der Waals surface area (Å²) in [5.74, 6) is -2.01. The molecule has 0 spiro atoms. The number of hydrogen-bond donors (Lipinski definition) is 1. The maximum absolute atomic E-state index is 13.9. The lowest BCUT2D eigenvalue weighted by atomic mass is 9.96. The Kier molecular flexibility index (Phi) is 2.44. The molecular formula is C14H11FN4O2. The Morgan fingerprint density at radius 3 is 2.71 bits per heavy atom. The molecule has 1 unspecified atom stereocenters. The quantitative estimate of drug-likeness (QED) is 0.852. The lowest BCUT2D eigenvalue weighted by Gasteiger charge is -2.21. The molecule has 106 valence electrons. The number of halogens is 1. The number of carbonyl (C=O) groups is 2. The summed E-state index contributed by atoms with van der Waals surface area (Å²) in [6.45, 7) is 0. The zero-order valence-corrected chi connectivity index (χ0v) is 10.9. The highest BCUT2D eigenvalue weighted by atomic mass is 19.1. The minimum atomic E-state index is -1.23. The second kappa shape index (κ2) is 4.21. The van der Waals surface area contributed by atoms with Gasteiger partial charge in [-0.05, 0) is 18.9 Å². The maximum atomic E-state index is 13.9.